The summed E-state index contributed by atoms with van der Waals surface area (Å²) in [6.45, 7) is 2.11. The normalized spacial score (nSPS) is 20.0. The third-order valence-electron chi connectivity index (χ3n) is 5.39. The molecule has 0 unspecified atom stereocenters. The zero-order chi connectivity index (χ0) is 17.8. The number of anilines is 1. The highest BCUT2D eigenvalue weighted by molar-refractivity contribution is 6.20. The average molecular weight is 342 g/mol. The number of hydrogen-bond acceptors (Lipinski definition) is 3. The number of nitrogens with zero attached hydrogens (tertiary/aromatic N) is 1. The molecule has 1 saturated carbocycles. The van der Waals surface area contributed by atoms with Crippen molar-refractivity contribution >= 4 is 23.4 Å². The molecule has 5 nitrogen and oxygen atoms in total. The zero-order valence-corrected chi connectivity index (χ0v) is 14.8. The summed E-state index contributed by atoms with van der Waals surface area (Å²) in [6, 6.07) is 6.99. The predicted octanol–water partition coefficient (Wildman–Crippen LogP) is 3.43. The molecule has 1 saturated heterocycles. The molecule has 0 bridgehead atoms. The topological polar surface area (TPSA) is 66.5 Å². The maximum absolute atomic E-state index is 12.7. The number of hydrogen-bond donors (Lipinski definition) is 1. The maximum atomic E-state index is 12.7. The van der Waals surface area contributed by atoms with E-state index in [0.29, 0.717) is 17.2 Å². The molecule has 1 N–H and O–H groups in total. The second-order valence-electron chi connectivity index (χ2n) is 7.06. The summed E-state index contributed by atoms with van der Waals surface area (Å²) in [5.41, 5.74) is 0.991. The molecule has 2 aliphatic rings. The van der Waals surface area contributed by atoms with E-state index in [2.05, 4.69) is 12.2 Å². The van der Waals surface area contributed by atoms with Crippen molar-refractivity contribution in [2.75, 3.05) is 4.90 Å². The molecule has 3 amide bonds. The molecule has 1 aromatic rings. The molecule has 1 aliphatic carbocycles. The van der Waals surface area contributed by atoms with Crippen LogP contribution in [-0.4, -0.2) is 23.8 Å². The molecule has 2 fully saturated rings. The Morgan fingerprint density at radius 2 is 1.84 bits per heavy atom. The lowest BCUT2D eigenvalue weighted by atomic mass is 9.83. The number of nitrogens with one attached hydrogen (secondary N) is 1. The standard InChI is InChI=1S/C20H26N2O3/c1-2-17(14-7-4-3-5-8-14)21-20(25)15-9-6-10-16(13-15)22-18(23)11-12-19(22)24/h6,9-10,13-14,17H,2-5,7-8,11-12H2,1H3,(H,21,25)/t17-/m0/s1. The Kier molecular flexibility index (Phi) is 5.51. The first kappa shape index (κ1) is 17.6. The fourth-order valence-electron chi connectivity index (χ4n) is 3.99. The van der Waals surface area contributed by atoms with Gasteiger partial charge in [-0.05, 0) is 43.4 Å². The van der Waals surface area contributed by atoms with Crippen LogP contribution in [0.2, 0.25) is 0 Å². The molecule has 1 aliphatic heterocycles. The van der Waals surface area contributed by atoms with E-state index in [4.69, 9.17) is 0 Å². The summed E-state index contributed by atoms with van der Waals surface area (Å²) in [5, 5.41) is 3.17. The SMILES string of the molecule is CC[C@H](NC(=O)c1cccc(N2C(=O)CCC2=O)c1)C1CCCCC1. The van der Waals surface area contributed by atoms with Crippen LogP contribution in [0.25, 0.3) is 0 Å². The molecule has 3 rings (SSSR count). The Labute approximate surface area is 148 Å². The van der Waals surface area contributed by atoms with Crippen LogP contribution in [0.5, 0.6) is 0 Å². The van der Waals surface area contributed by atoms with Crippen LogP contribution in [0.4, 0.5) is 5.69 Å². The largest absolute Gasteiger partial charge is 0.349 e. The van der Waals surface area contributed by atoms with Crippen molar-refractivity contribution in [1.82, 2.24) is 5.32 Å². The lowest BCUT2D eigenvalue weighted by Gasteiger charge is -2.30. The van der Waals surface area contributed by atoms with Crippen LogP contribution in [0.3, 0.4) is 0 Å². The van der Waals surface area contributed by atoms with Gasteiger partial charge in [0.05, 0.1) is 5.69 Å². The Hall–Kier alpha value is -2.17. The van der Waals surface area contributed by atoms with Crippen LogP contribution in [0.15, 0.2) is 24.3 Å². The molecule has 0 aromatic heterocycles. The number of benzene rings is 1. The van der Waals surface area contributed by atoms with Crippen LogP contribution in [0.1, 0.15) is 68.6 Å². The third kappa shape index (κ3) is 3.91. The van der Waals surface area contributed by atoms with Crippen LogP contribution < -0.4 is 10.2 Å². The average Bonchev–Trinajstić information content (AvgIpc) is 2.98. The first-order valence-electron chi connectivity index (χ1n) is 9.37. The summed E-state index contributed by atoms with van der Waals surface area (Å²) in [7, 11) is 0. The highest BCUT2D eigenvalue weighted by Crippen LogP contribution is 2.28. The first-order chi connectivity index (χ1) is 12.1. The van der Waals surface area contributed by atoms with E-state index in [-0.39, 0.29) is 36.6 Å². The minimum Gasteiger partial charge on any atom is -0.349 e. The summed E-state index contributed by atoms with van der Waals surface area (Å²) in [6.07, 6.45) is 7.53. The molecule has 1 atom stereocenters. The fraction of sp³-hybridized carbons (Fsp3) is 0.550. The molecule has 5 heteroatoms. The molecule has 134 valence electrons. The summed E-state index contributed by atoms with van der Waals surface area (Å²) in [5.74, 6) is 0.0263. The number of imide groups is 1. The summed E-state index contributed by atoms with van der Waals surface area (Å²) >= 11 is 0. The molecular formula is C20H26N2O3. The van der Waals surface area contributed by atoms with E-state index < -0.39 is 0 Å². The van der Waals surface area contributed by atoms with E-state index in [1.165, 1.54) is 37.0 Å². The Bertz CT molecular complexity index is 649. The van der Waals surface area contributed by atoms with E-state index >= 15 is 0 Å². The molecule has 0 radical (unpaired) electrons. The van der Waals surface area contributed by atoms with Gasteiger partial charge in [-0.25, -0.2) is 0 Å². The minimum atomic E-state index is -0.198. The van der Waals surface area contributed by atoms with Gasteiger partial charge in [0.15, 0.2) is 0 Å². The highest BCUT2D eigenvalue weighted by Gasteiger charge is 2.31. The molecule has 25 heavy (non-hydrogen) atoms. The Balaban J connectivity index is 1.72. The van der Waals surface area contributed by atoms with Crippen LogP contribution in [-0.2, 0) is 9.59 Å². The van der Waals surface area contributed by atoms with Crippen LogP contribution in [0, 0.1) is 5.92 Å². The smallest absolute Gasteiger partial charge is 0.251 e. The fourth-order valence-corrected chi connectivity index (χ4v) is 3.99. The van der Waals surface area contributed by atoms with Crippen molar-refractivity contribution < 1.29 is 14.4 Å². The van der Waals surface area contributed by atoms with Gasteiger partial charge >= 0.3 is 0 Å². The predicted molar refractivity (Wildman–Crippen MR) is 96.3 cm³/mol. The Morgan fingerprint density at radius 3 is 2.48 bits per heavy atom. The van der Waals surface area contributed by atoms with Gasteiger partial charge in [0.25, 0.3) is 5.91 Å². The van der Waals surface area contributed by atoms with Crippen molar-refractivity contribution in [3.8, 4) is 0 Å². The summed E-state index contributed by atoms with van der Waals surface area (Å²) < 4.78 is 0. The quantitative estimate of drug-likeness (QED) is 0.834. The van der Waals surface area contributed by atoms with Crippen molar-refractivity contribution in [2.45, 2.75) is 64.3 Å². The third-order valence-corrected chi connectivity index (χ3v) is 5.39. The number of carbonyl (C=O) groups is 3. The minimum absolute atomic E-state index is 0.127. The second kappa shape index (κ2) is 7.81. The highest BCUT2D eigenvalue weighted by atomic mass is 16.2. The van der Waals surface area contributed by atoms with E-state index in [1.807, 2.05) is 0 Å². The summed E-state index contributed by atoms with van der Waals surface area (Å²) in [4.78, 5) is 37.7. The monoisotopic (exact) mass is 342 g/mol. The van der Waals surface area contributed by atoms with Gasteiger partial charge in [0.2, 0.25) is 11.8 Å². The van der Waals surface area contributed by atoms with Crippen molar-refractivity contribution in [3.63, 3.8) is 0 Å². The number of amides is 3. The van der Waals surface area contributed by atoms with Crippen molar-refractivity contribution in [3.05, 3.63) is 29.8 Å². The lowest BCUT2D eigenvalue weighted by Crippen LogP contribution is -2.40. The van der Waals surface area contributed by atoms with Gasteiger partial charge in [0, 0.05) is 24.4 Å². The first-order valence-corrected chi connectivity index (χ1v) is 9.37. The number of carbonyl (C=O) groups excluding carboxylic acids is 3. The number of rotatable bonds is 5. The van der Waals surface area contributed by atoms with Crippen LogP contribution >= 0.6 is 0 Å². The molecule has 1 heterocycles. The van der Waals surface area contributed by atoms with Gasteiger partial charge in [-0.15, -0.1) is 0 Å². The maximum Gasteiger partial charge on any atom is 0.251 e. The molecular weight excluding hydrogens is 316 g/mol. The van der Waals surface area contributed by atoms with E-state index in [1.54, 1.807) is 24.3 Å². The van der Waals surface area contributed by atoms with E-state index in [9.17, 15) is 14.4 Å². The van der Waals surface area contributed by atoms with E-state index in [0.717, 1.165) is 6.42 Å². The Morgan fingerprint density at radius 1 is 1.16 bits per heavy atom. The van der Waals surface area contributed by atoms with Crippen molar-refractivity contribution in [1.29, 1.82) is 0 Å². The van der Waals surface area contributed by atoms with Gasteiger partial charge in [-0.2, -0.15) is 0 Å². The zero-order valence-electron chi connectivity index (χ0n) is 14.8. The molecule has 1 aromatic carbocycles. The van der Waals surface area contributed by atoms with Gasteiger partial charge in [0.1, 0.15) is 0 Å². The van der Waals surface area contributed by atoms with Crippen molar-refractivity contribution in [2.24, 2.45) is 5.92 Å². The lowest BCUT2D eigenvalue weighted by molar-refractivity contribution is -0.121. The van der Waals surface area contributed by atoms with Gasteiger partial charge < -0.3 is 5.32 Å². The molecule has 0 spiro atoms. The van der Waals surface area contributed by atoms with Gasteiger partial charge in [-0.3, -0.25) is 19.3 Å². The van der Waals surface area contributed by atoms with Gasteiger partial charge in [-0.1, -0.05) is 32.3 Å². The second-order valence-corrected chi connectivity index (χ2v) is 7.06.